The summed E-state index contributed by atoms with van der Waals surface area (Å²) < 4.78 is 7.47. The highest BCUT2D eigenvalue weighted by Crippen LogP contribution is 2.16. The highest BCUT2D eigenvalue weighted by Gasteiger charge is 2.11. The van der Waals surface area contributed by atoms with E-state index in [0.717, 1.165) is 5.56 Å². The monoisotopic (exact) mass is 365 g/mol. The van der Waals surface area contributed by atoms with Crippen LogP contribution in [0.4, 0.5) is 0 Å². The van der Waals surface area contributed by atoms with Crippen molar-refractivity contribution >= 4 is 5.91 Å². The zero-order valence-corrected chi connectivity index (χ0v) is 15.7. The molecule has 0 radical (unpaired) electrons. The summed E-state index contributed by atoms with van der Waals surface area (Å²) in [6, 6.07) is 15.3. The normalized spacial score (nSPS) is 10.8. The van der Waals surface area contributed by atoms with E-state index in [1.165, 1.54) is 5.56 Å². The second kappa shape index (κ2) is 8.44. The molecule has 0 aliphatic heterocycles. The summed E-state index contributed by atoms with van der Waals surface area (Å²) in [4.78, 5) is 12.4. The zero-order valence-electron chi connectivity index (χ0n) is 15.7. The molecule has 3 rings (SSSR count). The predicted octanol–water partition coefficient (Wildman–Crippen LogP) is 3.07. The Bertz CT molecular complexity index is 920. The molecule has 1 N–H and O–H groups in total. The van der Waals surface area contributed by atoms with Gasteiger partial charge in [-0.2, -0.15) is 0 Å². The number of tetrazole rings is 1. The van der Waals surface area contributed by atoms with Gasteiger partial charge in [-0.1, -0.05) is 35.9 Å². The minimum absolute atomic E-state index is 0.144. The molecule has 0 aliphatic rings. The number of carbonyl (C=O) groups excluding carboxylic acids is 1. The SMILES string of the molecule is Cc1cccc(CNC(=O)c2cccc(OCc3nnnn3C(C)C)c2)c1. The van der Waals surface area contributed by atoms with Gasteiger partial charge in [0.1, 0.15) is 12.4 Å². The van der Waals surface area contributed by atoms with Gasteiger partial charge in [0.15, 0.2) is 5.82 Å². The van der Waals surface area contributed by atoms with Crippen LogP contribution in [0.2, 0.25) is 0 Å². The first-order chi connectivity index (χ1) is 13.0. The number of rotatable bonds is 7. The summed E-state index contributed by atoms with van der Waals surface area (Å²) in [7, 11) is 0. The van der Waals surface area contributed by atoms with Crippen LogP contribution in [0, 0.1) is 6.92 Å². The van der Waals surface area contributed by atoms with Crippen molar-refractivity contribution < 1.29 is 9.53 Å². The van der Waals surface area contributed by atoms with Crippen molar-refractivity contribution in [2.24, 2.45) is 0 Å². The fourth-order valence-corrected chi connectivity index (χ4v) is 2.69. The Kier molecular flexibility index (Phi) is 5.80. The molecule has 1 heterocycles. The maximum Gasteiger partial charge on any atom is 0.251 e. The molecule has 0 atom stereocenters. The Hall–Kier alpha value is -3.22. The number of ether oxygens (including phenoxy) is 1. The molecule has 1 amide bonds. The van der Waals surface area contributed by atoms with Crippen molar-refractivity contribution in [3.63, 3.8) is 0 Å². The van der Waals surface area contributed by atoms with Crippen LogP contribution in [0.3, 0.4) is 0 Å². The van der Waals surface area contributed by atoms with Gasteiger partial charge in [0.2, 0.25) is 0 Å². The van der Waals surface area contributed by atoms with Gasteiger partial charge < -0.3 is 10.1 Å². The second-order valence-electron chi connectivity index (χ2n) is 6.62. The van der Waals surface area contributed by atoms with Crippen molar-refractivity contribution in [3.05, 3.63) is 71.0 Å². The minimum Gasteiger partial charge on any atom is -0.486 e. The summed E-state index contributed by atoms with van der Waals surface area (Å²) in [5, 5.41) is 14.5. The number of nitrogens with zero attached hydrogens (tertiary/aromatic N) is 4. The van der Waals surface area contributed by atoms with Crippen LogP contribution in [0.15, 0.2) is 48.5 Å². The molecule has 0 unspecified atom stereocenters. The van der Waals surface area contributed by atoms with Crippen LogP contribution in [-0.2, 0) is 13.2 Å². The van der Waals surface area contributed by atoms with Gasteiger partial charge in [-0.25, -0.2) is 4.68 Å². The highest BCUT2D eigenvalue weighted by atomic mass is 16.5. The molecule has 7 heteroatoms. The Morgan fingerprint density at radius 3 is 2.78 bits per heavy atom. The molecule has 140 valence electrons. The maximum atomic E-state index is 12.4. The average molecular weight is 365 g/mol. The van der Waals surface area contributed by atoms with Gasteiger partial charge in [0.25, 0.3) is 5.91 Å². The quantitative estimate of drug-likeness (QED) is 0.696. The van der Waals surface area contributed by atoms with Crippen LogP contribution in [0.25, 0.3) is 0 Å². The third-order valence-electron chi connectivity index (χ3n) is 4.05. The maximum absolute atomic E-state index is 12.4. The van der Waals surface area contributed by atoms with Gasteiger partial charge >= 0.3 is 0 Å². The first-order valence-corrected chi connectivity index (χ1v) is 8.86. The van der Waals surface area contributed by atoms with Crippen molar-refractivity contribution in [3.8, 4) is 5.75 Å². The van der Waals surface area contributed by atoms with Gasteiger partial charge in [0, 0.05) is 12.1 Å². The molecule has 1 aromatic heterocycles. The van der Waals surface area contributed by atoms with E-state index in [1.807, 2.05) is 39.0 Å². The summed E-state index contributed by atoms with van der Waals surface area (Å²) in [6.07, 6.45) is 0. The van der Waals surface area contributed by atoms with E-state index in [2.05, 4.69) is 26.9 Å². The Balaban J connectivity index is 1.61. The Morgan fingerprint density at radius 2 is 2.00 bits per heavy atom. The zero-order chi connectivity index (χ0) is 19.2. The van der Waals surface area contributed by atoms with E-state index < -0.39 is 0 Å². The predicted molar refractivity (Wildman–Crippen MR) is 101 cm³/mol. The van der Waals surface area contributed by atoms with Crippen LogP contribution < -0.4 is 10.1 Å². The number of aromatic nitrogens is 4. The minimum atomic E-state index is -0.144. The van der Waals surface area contributed by atoms with Crippen LogP contribution in [0.5, 0.6) is 5.75 Å². The number of amides is 1. The number of aryl methyl sites for hydroxylation is 1. The fourth-order valence-electron chi connectivity index (χ4n) is 2.69. The summed E-state index contributed by atoms with van der Waals surface area (Å²) in [5.74, 6) is 1.09. The molecule has 0 fully saturated rings. The summed E-state index contributed by atoms with van der Waals surface area (Å²) >= 11 is 0. The molecule has 0 spiro atoms. The first-order valence-electron chi connectivity index (χ1n) is 8.86. The van der Waals surface area contributed by atoms with E-state index in [4.69, 9.17) is 4.74 Å². The van der Waals surface area contributed by atoms with Crippen LogP contribution >= 0.6 is 0 Å². The molecular formula is C20H23N5O2. The standard InChI is InChI=1S/C20H23N5O2/c1-14(2)25-19(22-23-24-25)13-27-18-9-5-8-17(11-18)20(26)21-12-16-7-4-6-15(3)10-16/h4-11,14H,12-13H2,1-3H3,(H,21,26). The number of hydrogen-bond acceptors (Lipinski definition) is 5. The van der Waals surface area contributed by atoms with E-state index in [1.54, 1.807) is 28.9 Å². The van der Waals surface area contributed by atoms with Gasteiger partial charge in [-0.05, 0) is 55.0 Å². The van der Waals surface area contributed by atoms with Crippen molar-refractivity contribution in [1.29, 1.82) is 0 Å². The molecule has 0 aliphatic carbocycles. The number of hydrogen-bond donors (Lipinski definition) is 1. The second-order valence-corrected chi connectivity index (χ2v) is 6.62. The Morgan fingerprint density at radius 1 is 1.19 bits per heavy atom. The third-order valence-corrected chi connectivity index (χ3v) is 4.05. The number of carbonyl (C=O) groups is 1. The molecule has 27 heavy (non-hydrogen) atoms. The fraction of sp³-hybridized carbons (Fsp3) is 0.300. The van der Waals surface area contributed by atoms with Gasteiger partial charge in [-0.3, -0.25) is 4.79 Å². The molecular weight excluding hydrogens is 342 g/mol. The molecule has 0 saturated heterocycles. The molecule has 0 bridgehead atoms. The third kappa shape index (κ3) is 4.91. The lowest BCUT2D eigenvalue weighted by Crippen LogP contribution is -2.22. The van der Waals surface area contributed by atoms with Crippen molar-refractivity contribution in [2.45, 2.75) is 40.0 Å². The first kappa shape index (κ1) is 18.6. The topological polar surface area (TPSA) is 81.9 Å². The average Bonchev–Trinajstić information content (AvgIpc) is 3.14. The van der Waals surface area contributed by atoms with Crippen LogP contribution in [0.1, 0.15) is 47.2 Å². The number of nitrogens with one attached hydrogen (secondary N) is 1. The lowest BCUT2D eigenvalue weighted by atomic mass is 10.1. The van der Waals surface area contributed by atoms with E-state index in [0.29, 0.717) is 23.7 Å². The van der Waals surface area contributed by atoms with Crippen molar-refractivity contribution in [1.82, 2.24) is 25.5 Å². The van der Waals surface area contributed by atoms with E-state index in [9.17, 15) is 4.79 Å². The summed E-state index contributed by atoms with van der Waals surface area (Å²) in [5.41, 5.74) is 2.78. The molecule has 7 nitrogen and oxygen atoms in total. The Labute approximate surface area is 158 Å². The van der Waals surface area contributed by atoms with E-state index in [-0.39, 0.29) is 18.6 Å². The molecule has 2 aromatic carbocycles. The largest absolute Gasteiger partial charge is 0.486 e. The van der Waals surface area contributed by atoms with Gasteiger partial charge in [-0.15, -0.1) is 5.10 Å². The lowest BCUT2D eigenvalue weighted by molar-refractivity contribution is 0.0950. The summed E-state index contributed by atoms with van der Waals surface area (Å²) in [6.45, 7) is 6.74. The highest BCUT2D eigenvalue weighted by molar-refractivity contribution is 5.94. The van der Waals surface area contributed by atoms with Crippen molar-refractivity contribution in [2.75, 3.05) is 0 Å². The number of benzene rings is 2. The molecule has 3 aromatic rings. The van der Waals surface area contributed by atoms with Gasteiger partial charge in [0.05, 0.1) is 6.04 Å². The lowest BCUT2D eigenvalue weighted by Gasteiger charge is -2.10. The molecule has 0 saturated carbocycles. The van der Waals surface area contributed by atoms with E-state index >= 15 is 0 Å². The smallest absolute Gasteiger partial charge is 0.251 e. The van der Waals surface area contributed by atoms with Crippen LogP contribution in [-0.4, -0.2) is 26.1 Å².